The molecule has 0 bridgehead atoms. The van der Waals surface area contributed by atoms with Crippen molar-refractivity contribution in [3.05, 3.63) is 75.4 Å². The largest absolute Gasteiger partial charge is 0.338 e. The number of hydrogen-bond donors (Lipinski definition) is 1. The normalized spacial score (nSPS) is 11.7. The molecule has 0 aliphatic rings. The van der Waals surface area contributed by atoms with Gasteiger partial charge in [0.2, 0.25) is 0 Å². The molecule has 3 heterocycles. The predicted octanol–water partition coefficient (Wildman–Crippen LogP) is 3.81. The van der Waals surface area contributed by atoms with Crippen molar-refractivity contribution in [3.8, 4) is 11.1 Å². The third kappa shape index (κ3) is 2.45. The van der Waals surface area contributed by atoms with Gasteiger partial charge < -0.3 is 4.98 Å². The number of aromatic amines is 1. The van der Waals surface area contributed by atoms with Gasteiger partial charge in [-0.05, 0) is 18.1 Å². The second-order valence-corrected chi connectivity index (χ2v) is 7.24. The maximum absolute atomic E-state index is 13.1. The maximum Gasteiger partial charge on any atom is 0.332 e. The second kappa shape index (κ2) is 6.44. The lowest BCUT2D eigenvalue weighted by Gasteiger charge is -2.08. The number of H-pyrrole nitrogens is 1. The van der Waals surface area contributed by atoms with E-state index < -0.39 is 0 Å². The number of aromatic nitrogens is 4. The molecule has 0 atom stereocenters. The first-order valence-electron chi connectivity index (χ1n) is 9.71. The molecule has 0 saturated carbocycles. The van der Waals surface area contributed by atoms with Gasteiger partial charge in [-0.3, -0.25) is 13.9 Å². The molecule has 0 unspecified atom stereocenters. The standard InChI is InChI=1S/C23H20N4O2/c1-3-13-27-21-18(22(28)26(2)23(27)29)20-19(25-21)17(14-9-5-4-6-10-14)15-11-7-8-12-16(15)24-20/h4-12,25H,3,13H2,1-2H3. The van der Waals surface area contributed by atoms with Crippen LogP contribution in [0.4, 0.5) is 0 Å². The van der Waals surface area contributed by atoms with E-state index in [4.69, 9.17) is 4.98 Å². The Morgan fingerprint density at radius 2 is 1.72 bits per heavy atom. The second-order valence-electron chi connectivity index (χ2n) is 7.24. The molecular formula is C23H20N4O2. The molecule has 144 valence electrons. The van der Waals surface area contributed by atoms with Gasteiger partial charge in [0.15, 0.2) is 0 Å². The average molecular weight is 384 g/mol. The highest BCUT2D eigenvalue weighted by atomic mass is 16.2. The van der Waals surface area contributed by atoms with Crippen molar-refractivity contribution in [1.29, 1.82) is 0 Å². The van der Waals surface area contributed by atoms with Gasteiger partial charge in [-0.2, -0.15) is 0 Å². The average Bonchev–Trinajstić information content (AvgIpc) is 3.12. The number of pyridine rings is 1. The zero-order valence-electron chi connectivity index (χ0n) is 16.3. The smallest absolute Gasteiger partial charge is 0.332 e. The Morgan fingerprint density at radius 1 is 1.00 bits per heavy atom. The molecule has 0 spiro atoms. The number of nitrogens with zero attached hydrogens (tertiary/aromatic N) is 3. The third-order valence-electron chi connectivity index (χ3n) is 5.43. The van der Waals surface area contributed by atoms with E-state index in [9.17, 15) is 9.59 Å². The summed E-state index contributed by atoms with van der Waals surface area (Å²) in [6.45, 7) is 2.53. The van der Waals surface area contributed by atoms with Crippen LogP contribution in [0.15, 0.2) is 64.2 Å². The van der Waals surface area contributed by atoms with E-state index in [2.05, 4.69) is 4.98 Å². The summed E-state index contributed by atoms with van der Waals surface area (Å²) in [6, 6.07) is 18.0. The zero-order valence-corrected chi connectivity index (χ0v) is 16.3. The van der Waals surface area contributed by atoms with Crippen LogP contribution in [-0.2, 0) is 13.6 Å². The van der Waals surface area contributed by atoms with Crippen LogP contribution in [-0.4, -0.2) is 19.1 Å². The third-order valence-corrected chi connectivity index (χ3v) is 5.43. The Morgan fingerprint density at radius 3 is 2.48 bits per heavy atom. The van der Waals surface area contributed by atoms with Gasteiger partial charge in [-0.25, -0.2) is 9.78 Å². The number of para-hydroxylation sites is 1. The molecule has 29 heavy (non-hydrogen) atoms. The summed E-state index contributed by atoms with van der Waals surface area (Å²) < 4.78 is 2.81. The monoisotopic (exact) mass is 384 g/mol. The molecule has 0 aliphatic carbocycles. The van der Waals surface area contributed by atoms with E-state index in [0.29, 0.717) is 23.1 Å². The van der Waals surface area contributed by atoms with Crippen LogP contribution in [0.25, 0.3) is 44.1 Å². The predicted molar refractivity (Wildman–Crippen MR) is 116 cm³/mol. The molecule has 1 N–H and O–H groups in total. The van der Waals surface area contributed by atoms with E-state index in [-0.39, 0.29) is 11.2 Å². The van der Waals surface area contributed by atoms with Gasteiger partial charge in [0, 0.05) is 24.5 Å². The SMILES string of the molecule is CCCn1c(=O)n(C)c(=O)c2c3nc4ccccc4c(-c4ccccc4)c3[nH]c21. The van der Waals surface area contributed by atoms with Crippen molar-refractivity contribution in [2.75, 3.05) is 0 Å². The van der Waals surface area contributed by atoms with Crippen LogP contribution >= 0.6 is 0 Å². The van der Waals surface area contributed by atoms with Crippen molar-refractivity contribution >= 4 is 33.0 Å². The summed E-state index contributed by atoms with van der Waals surface area (Å²) >= 11 is 0. The highest BCUT2D eigenvalue weighted by Crippen LogP contribution is 2.36. The van der Waals surface area contributed by atoms with E-state index in [1.54, 1.807) is 4.57 Å². The fourth-order valence-electron chi connectivity index (χ4n) is 4.08. The Bertz CT molecular complexity index is 1510. The summed E-state index contributed by atoms with van der Waals surface area (Å²) in [7, 11) is 1.52. The van der Waals surface area contributed by atoms with Crippen LogP contribution in [0, 0.1) is 0 Å². The highest BCUT2D eigenvalue weighted by Gasteiger charge is 2.21. The van der Waals surface area contributed by atoms with Gasteiger partial charge in [0.25, 0.3) is 5.56 Å². The fraction of sp³-hybridized carbons (Fsp3) is 0.174. The number of benzene rings is 2. The minimum absolute atomic E-state index is 0.318. The molecule has 0 fully saturated rings. The van der Waals surface area contributed by atoms with E-state index in [1.807, 2.05) is 61.5 Å². The summed E-state index contributed by atoms with van der Waals surface area (Å²) in [5.74, 6) is 0. The van der Waals surface area contributed by atoms with Crippen molar-refractivity contribution in [2.24, 2.45) is 7.05 Å². The van der Waals surface area contributed by atoms with Crippen LogP contribution in [0.3, 0.4) is 0 Å². The van der Waals surface area contributed by atoms with Gasteiger partial charge in [-0.1, -0.05) is 55.5 Å². The molecule has 3 aromatic heterocycles. The summed E-state index contributed by atoms with van der Waals surface area (Å²) in [6.07, 6.45) is 0.781. The first kappa shape index (κ1) is 17.4. The van der Waals surface area contributed by atoms with Gasteiger partial charge in [0.05, 0.1) is 11.0 Å². The molecule has 2 aromatic carbocycles. The van der Waals surface area contributed by atoms with Gasteiger partial charge in [-0.15, -0.1) is 0 Å². The number of hydrogen-bond acceptors (Lipinski definition) is 3. The molecule has 0 radical (unpaired) electrons. The number of fused-ring (bicyclic) bond motifs is 4. The first-order chi connectivity index (χ1) is 14.1. The topological polar surface area (TPSA) is 72.7 Å². The van der Waals surface area contributed by atoms with Gasteiger partial charge >= 0.3 is 5.69 Å². The van der Waals surface area contributed by atoms with Crippen molar-refractivity contribution in [3.63, 3.8) is 0 Å². The molecule has 0 aliphatic heterocycles. The van der Waals surface area contributed by atoms with Crippen LogP contribution < -0.4 is 11.2 Å². The molecule has 5 aromatic rings. The number of aryl methyl sites for hydroxylation is 1. The van der Waals surface area contributed by atoms with Crippen molar-refractivity contribution in [1.82, 2.24) is 19.1 Å². The summed E-state index contributed by atoms with van der Waals surface area (Å²) in [4.78, 5) is 34.0. The number of nitrogens with one attached hydrogen (secondary N) is 1. The zero-order chi connectivity index (χ0) is 20.1. The van der Waals surface area contributed by atoms with Crippen molar-refractivity contribution < 1.29 is 0 Å². The maximum atomic E-state index is 13.1. The summed E-state index contributed by atoms with van der Waals surface area (Å²) in [5, 5.41) is 1.46. The Balaban J connectivity index is 2.08. The van der Waals surface area contributed by atoms with E-state index >= 15 is 0 Å². The quantitative estimate of drug-likeness (QED) is 0.514. The minimum atomic E-state index is -0.328. The van der Waals surface area contributed by atoms with E-state index in [0.717, 1.165) is 34.0 Å². The minimum Gasteiger partial charge on any atom is -0.338 e. The van der Waals surface area contributed by atoms with Crippen LogP contribution in [0.5, 0.6) is 0 Å². The lowest BCUT2D eigenvalue weighted by molar-refractivity contribution is 0.612. The number of rotatable bonds is 3. The molecule has 0 amide bonds. The molecule has 6 nitrogen and oxygen atoms in total. The fourth-order valence-corrected chi connectivity index (χ4v) is 4.08. The molecule has 0 saturated heterocycles. The first-order valence-corrected chi connectivity index (χ1v) is 9.71. The summed E-state index contributed by atoms with van der Waals surface area (Å²) in [5.41, 5.74) is 4.10. The van der Waals surface area contributed by atoms with Crippen LogP contribution in [0.1, 0.15) is 13.3 Å². The Kier molecular flexibility index (Phi) is 3.87. The van der Waals surface area contributed by atoms with Crippen LogP contribution in [0.2, 0.25) is 0 Å². The lowest BCUT2D eigenvalue weighted by Crippen LogP contribution is -2.38. The van der Waals surface area contributed by atoms with E-state index in [1.165, 1.54) is 11.6 Å². The highest BCUT2D eigenvalue weighted by molar-refractivity contribution is 6.15. The Hall–Kier alpha value is -3.67. The molecule has 6 heteroatoms. The van der Waals surface area contributed by atoms with Gasteiger partial charge in [0.1, 0.15) is 16.6 Å². The van der Waals surface area contributed by atoms with Crippen molar-refractivity contribution in [2.45, 2.75) is 19.9 Å². The lowest BCUT2D eigenvalue weighted by atomic mass is 9.99. The molecular weight excluding hydrogens is 364 g/mol. The Labute approximate surface area is 166 Å². The molecule has 5 rings (SSSR count).